The molecule has 3 rings (SSSR count). The normalized spacial score (nSPS) is 20.6. The summed E-state index contributed by atoms with van der Waals surface area (Å²) < 4.78 is 5.34. The quantitative estimate of drug-likeness (QED) is 0.750. The molecule has 0 bridgehead atoms. The van der Waals surface area contributed by atoms with E-state index in [4.69, 9.17) is 4.74 Å². The number of nitrogens with one attached hydrogen (secondary N) is 3. The summed E-state index contributed by atoms with van der Waals surface area (Å²) in [5.41, 5.74) is 1.00. The van der Waals surface area contributed by atoms with Crippen molar-refractivity contribution in [3.63, 3.8) is 0 Å². The average Bonchev–Trinajstić information content (AvgIpc) is 3.27. The summed E-state index contributed by atoms with van der Waals surface area (Å²) in [5, 5.41) is 8.83. The van der Waals surface area contributed by atoms with E-state index in [2.05, 4.69) is 16.0 Å². The van der Waals surface area contributed by atoms with Gasteiger partial charge < -0.3 is 20.7 Å². The van der Waals surface area contributed by atoms with Gasteiger partial charge in [0, 0.05) is 18.7 Å². The Morgan fingerprint density at radius 2 is 1.92 bits per heavy atom. The van der Waals surface area contributed by atoms with Gasteiger partial charge >= 0.3 is 0 Å². The van der Waals surface area contributed by atoms with Crippen molar-refractivity contribution in [3.05, 3.63) is 24.3 Å². The zero-order valence-corrected chi connectivity index (χ0v) is 14.6. The van der Waals surface area contributed by atoms with Crippen molar-refractivity contribution in [2.75, 3.05) is 32.1 Å². The highest BCUT2D eigenvalue weighted by atomic mass is 35.5. The van der Waals surface area contributed by atoms with Crippen LogP contribution in [0.25, 0.3) is 0 Å². The van der Waals surface area contributed by atoms with Crippen LogP contribution in [-0.2, 0) is 9.59 Å². The van der Waals surface area contributed by atoms with Gasteiger partial charge in [0.15, 0.2) is 6.61 Å². The molecular formula is C17H24ClN3O3. The summed E-state index contributed by atoms with van der Waals surface area (Å²) >= 11 is 0. The molecule has 1 aromatic rings. The van der Waals surface area contributed by atoms with Gasteiger partial charge in [0.25, 0.3) is 5.91 Å². The van der Waals surface area contributed by atoms with Crippen molar-refractivity contribution in [3.8, 4) is 5.75 Å². The SMILES string of the molecule is CNC(=O)COc1ccc(NC(=O)C2CC23CCNCC3)cc1.Cl. The molecule has 1 atom stereocenters. The molecule has 0 radical (unpaired) electrons. The number of carbonyl (C=O) groups excluding carboxylic acids is 2. The maximum absolute atomic E-state index is 12.4. The van der Waals surface area contributed by atoms with Gasteiger partial charge in [-0.15, -0.1) is 12.4 Å². The first-order valence-electron chi connectivity index (χ1n) is 8.08. The zero-order valence-electron chi connectivity index (χ0n) is 13.8. The van der Waals surface area contributed by atoms with Crippen molar-refractivity contribution in [2.24, 2.45) is 11.3 Å². The summed E-state index contributed by atoms with van der Waals surface area (Å²) in [7, 11) is 1.57. The molecule has 1 spiro atoms. The number of carbonyl (C=O) groups is 2. The van der Waals surface area contributed by atoms with Gasteiger partial charge in [0.1, 0.15) is 5.75 Å². The van der Waals surface area contributed by atoms with E-state index in [1.54, 1.807) is 31.3 Å². The predicted octanol–water partition coefficient (Wildman–Crippen LogP) is 1.56. The molecule has 1 saturated carbocycles. The van der Waals surface area contributed by atoms with Crippen LogP contribution in [0.15, 0.2) is 24.3 Å². The van der Waals surface area contributed by atoms with Crippen LogP contribution in [0.1, 0.15) is 19.3 Å². The lowest BCUT2D eigenvalue weighted by molar-refractivity contribution is -0.122. The number of amides is 2. The Morgan fingerprint density at radius 1 is 1.25 bits per heavy atom. The third kappa shape index (κ3) is 4.19. The molecule has 6 nitrogen and oxygen atoms in total. The first-order valence-corrected chi connectivity index (χ1v) is 8.08. The van der Waals surface area contributed by atoms with Crippen LogP contribution in [-0.4, -0.2) is 38.6 Å². The van der Waals surface area contributed by atoms with Crippen LogP contribution in [0.3, 0.4) is 0 Å². The first-order chi connectivity index (χ1) is 11.1. The lowest BCUT2D eigenvalue weighted by atomic mass is 9.92. The third-order valence-corrected chi connectivity index (χ3v) is 4.88. The van der Waals surface area contributed by atoms with E-state index in [-0.39, 0.29) is 42.2 Å². The molecule has 24 heavy (non-hydrogen) atoms. The Morgan fingerprint density at radius 3 is 2.54 bits per heavy atom. The van der Waals surface area contributed by atoms with E-state index in [1.807, 2.05) is 0 Å². The third-order valence-electron chi connectivity index (χ3n) is 4.88. The molecule has 2 amide bonds. The summed E-state index contributed by atoms with van der Waals surface area (Å²) in [6.45, 7) is 2.02. The largest absolute Gasteiger partial charge is 0.484 e. The van der Waals surface area contributed by atoms with Crippen LogP contribution in [0.2, 0.25) is 0 Å². The fourth-order valence-electron chi connectivity index (χ4n) is 3.28. The van der Waals surface area contributed by atoms with Crippen molar-refractivity contribution in [1.82, 2.24) is 10.6 Å². The standard InChI is InChI=1S/C17H23N3O3.ClH/c1-18-15(21)11-23-13-4-2-12(3-5-13)20-16(22)14-10-17(14)6-8-19-9-7-17;/h2-5,14,19H,6-11H2,1H3,(H,18,21)(H,20,22);1H. The van der Waals surface area contributed by atoms with E-state index in [0.717, 1.165) is 38.0 Å². The topological polar surface area (TPSA) is 79.5 Å². The maximum Gasteiger partial charge on any atom is 0.257 e. The molecule has 1 saturated heterocycles. The number of benzene rings is 1. The van der Waals surface area contributed by atoms with Crippen molar-refractivity contribution < 1.29 is 14.3 Å². The van der Waals surface area contributed by atoms with Crippen LogP contribution >= 0.6 is 12.4 Å². The Kier molecular flexibility index (Phi) is 6.07. The van der Waals surface area contributed by atoms with Crippen molar-refractivity contribution >= 4 is 29.9 Å². The average molecular weight is 354 g/mol. The van der Waals surface area contributed by atoms with Crippen LogP contribution < -0.4 is 20.7 Å². The fourth-order valence-corrected chi connectivity index (χ4v) is 3.28. The summed E-state index contributed by atoms with van der Waals surface area (Å²) in [6.07, 6.45) is 3.20. The molecular weight excluding hydrogens is 330 g/mol. The maximum atomic E-state index is 12.4. The number of rotatable bonds is 5. The van der Waals surface area contributed by atoms with Crippen LogP contribution in [0.5, 0.6) is 5.75 Å². The molecule has 3 N–H and O–H groups in total. The second kappa shape index (κ2) is 7.85. The number of piperidine rings is 1. The molecule has 7 heteroatoms. The van der Waals surface area contributed by atoms with Crippen molar-refractivity contribution in [1.29, 1.82) is 0 Å². The fraction of sp³-hybridized carbons (Fsp3) is 0.529. The molecule has 1 aliphatic heterocycles. The minimum absolute atomic E-state index is 0. The Hall–Kier alpha value is -1.79. The summed E-state index contributed by atoms with van der Waals surface area (Å²) in [5.74, 6) is 0.691. The van der Waals surface area contributed by atoms with E-state index in [1.165, 1.54) is 0 Å². The van der Waals surface area contributed by atoms with Crippen molar-refractivity contribution in [2.45, 2.75) is 19.3 Å². The predicted molar refractivity (Wildman–Crippen MR) is 94.5 cm³/mol. The lowest BCUT2D eigenvalue weighted by Gasteiger charge is -2.23. The second-order valence-electron chi connectivity index (χ2n) is 6.34. The Balaban J connectivity index is 0.00000208. The molecule has 0 aromatic heterocycles. The van der Waals surface area contributed by atoms with Crippen LogP contribution in [0, 0.1) is 11.3 Å². The van der Waals surface area contributed by atoms with E-state index < -0.39 is 0 Å². The van der Waals surface area contributed by atoms with Gasteiger partial charge in [-0.2, -0.15) is 0 Å². The monoisotopic (exact) mass is 353 g/mol. The number of hydrogen-bond donors (Lipinski definition) is 3. The van der Waals surface area contributed by atoms with Gasteiger partial charge in [-0.25, -0.2) is 0 Å². The number of likely N-dealkylation sites (N-methyl/N-ethyl adjacent to an activating group) is 1. The molecule has 2 fully saturated rings. The highest BCUT2D eigenvalue weighted by Gasteiger charge is 2.57. The Bertz CT molecular complexity index is 585. The van der Waals surface area contributed by atoms with E-state index in [9.17, 15) is 9.59 Å². The highest BCUT2D eigenvalue weighted by Crippen LogP contribution is 2.58. The molecule has 1 heterocycles. The van der Waals surface area contributed by atoms with Gasteiger partial charge in [-0.3, -0.25) is 9.59 Å². The molecule has 1 aromatic carbocycles. The first kappa shape index (κ1) is 18.5. The summed E-state index contributed by atoms with van der Waals surface area (Å²) in [4.78, 5) is 23.5. The minimum Gasteiger partial charge on any atom is -0.484 e. The molecule has 1 aliphatic carbocycles. The zero-order chi connectivity index (χ0) is 16.3. The molecule has 1 unspecified atom stereocenters. The second-order valence-corrected chi connectivity index (χ2v) is 6.34. The van der Waals surface area contributed by atoms with E-state index >= 15 is 0 Å². The minimum atomic E-state index is -0.177. The molecule has 2 aliphatic rings. The lowest BCUT2D eigenvalue weighted by Crippen LogP contribution is -2.31. The van der Waals surface area contributed by atoms with E-state index in [0.29, 0.717) is 5.75 Å². The number of ether oxygens (including phenoxy) is 1. The Labute approximate surface area is 148 Å². The summed E-state index contributed by atoms with van der Waals surface area (Å²) in [6, 6.07) is 7.11. The number of hydrogen-bond acceptors (Lipinski definition) is 4. The number of halogens is 1. The van der Waals surface area contributed by atoms with Crippen LogP contribution in [0.4, 0.5) is 5.69 Å². The van der Waals surface area contributed by atoms with Gasteiger partial charge in [0.2, 0.25) is 5.91 Å². The smallest absolute Gasteiger partial charge is 0.257 e. The van der Waals surface area contributed by atoms with Gasteiger partial charge in [0.05, 0.1) is 0 Å². The highest BCUT2D eigenvalue weighted by molar-refractivity contribution is 5.95. The molecule has 132 valence electrons. The van der Waals surface area contributed by atoms with Gasteiger partial charge in [-0.1, -0.05) is 0 Å². The number of anilines is 1. The van der Waals surface area contributed by atoms with Gasteiger partial charge in [-0.05, 0) is 62.0 Å².